The Morgan fingerprint density at radius 1 is 1.60 bits per heavy atom. The Labute approximate surface area is 37.5 Å². The molecule has 0 nitrogen and oxygen atoms in total. The molecule has 1 heterocycles. The zero-order valence-corrected chi connectivity index (χ0v) is 4.05. The van der Waals surface area contributed by atoms with Gasteiger partial charge in [0.1, 0.15) is 0 Å². The van der Waals surface area contributed by atoms with E-state index in [0.717, 1.165) is 0 Å². The van der Waals surface area contributed by atoms with Crippen LogP contribution in [0.4, 0.5) is 0 Å². The fourth-order valence-corrected chi connectivity index (χ4v) is 1.53. The molecule has 0 unspecified atom stereocenters. The SMILES string of the molecule is B1CCCS1. The average molecular weight is 86.0 g/mol. The van der Waals surface area contributed by atoms with Crippen molar-refractivity contribution >= 4 is 18.2 Å². The molecule has 0 aromatic carbocycles. The maximum atomic E-state index is 2.07. The van der Waals surface area contributed by atoms with Crippen LogP contribution >= 0.6 is 11.6 Å². The highest BCUT2D eigenvalue weighted by atomic mass is 32.2. The van der Waals surface area contributed by atoms with Gasteiger partial charge in [0.15, 0.2) is 6.56 Å². The molecule has 1 aliphatic heterocycles. The van der Waals surface area contributed by atoms with E-state index in [-0.39, 0.29) is 0 Å². The Bertz CT molecular complexity index is 18.5. The van der Waals surface area contributed by atoms with Crippen molar-refractivity contribution in [1.29, 1.82) is 0 Å². The minimum atomic E-state index is 1.42. The van der Waals surface area contributed by atoms with Crippen molar-refractivity contribution in [2.24, 2.45) is 0 Å². The third-order valence-electron chi connectivity index (χ3n) is 0.827. The molecule has 0 aliphatic carbocycles. The fraction of sp³-hybridized carbons (Fsp3) is 1.00. The maximum Gasteiger partial charge on any atom is 0.191 e. The normalized spacial score (nSPS) is 22.4. The predicted octanol–water partition coefficient (Wildman–Crippen LogP) is 0.893. The molecular formula is C3H7BS. The molecule has 0 aromatic heterocycles. The molecule has 2 heteroatoms. The van der Waals surface area contributed by atoms with Crippen molar-refractivity contribution in [1.82, 2.24) is 0 Å². The lowest BCUT2D eigenvalue weighted by molar-refractivity contribution is 1.12. The molecule has 1 aliphatic rings. The average Bonchev–Trinajstić information content (AvgIpc) is 1.76. The summed E-state index contributed by atoms with van der Waals surface area (Å²) in [7, 11) is 0. The minimum Gasteiger partial charge on any atom is -0.215 e. The van der Waals surface area contributed by atoms with Crippen LogP contribution in [-0.2, 0) is 0 Å². The highest BCUT2D eigenvalue weighted by Gasteiger charge is 1.98. The lowest BCUT2D eigenvalue weighted by Crippen LogP contribution is -1.61. The van der Waals surface area contributed by atoms with Crippen LogP contribution in [0.1, 0.15) is 6.42 Å². The number of hydrogen-bond acceptors (Lipinski definition) is 1. The first-order chi connectivity index (χ1) is 2.50. The summed E-state index contributed by atoms with van der Waals surface area (Å²) >= 11 is 2.07. The zero-order valence-electron chi connectivity index (χ0n) is 3.24. The van der Waals surface area contributed by atoms with Gasteiger partial charge >= 0.3 is 0 Å². The summed E-state index contributed by atoms with van der Waals surface area (Å²) in [5.41, 5.74) is 0. The summed E-state index contributed by atoms with van der Waals surface area (Å²) in [6.07, 6.45) is 2.93. The third-order valence-corrected chi connectivity index (χ3v) is 1.98. The molecule has 5 heavy (non-hydrogen) atoms. The topological polar surface area (TPSA) is 0 Å². The molecule has 0 N–H and O–H groups in total. The van der Waals surface area contributed by atoms with E-state index >= 15 is 0 Å². The fourth-order valence-electron chi connectivity index (χ4n) is 0.510. The van der Waals surface area contributed by atoms with Gasteiger partial charge in [-0.25, -0.2) is 11.6 Å². The van der Waals surface area contributed by atoms with E-state index < -0.39 is 0 Å². The second-order valence-electron chi connectivity index (χ2n) is 1.32. The van der Waals surface area contributed by atoms with Crippen LogP contribution in [-0.4, -0.2) is 12.3 Å². The van der Waals surface area contributed by atoms with Gasteiger partial charge in [0.2, 0.25) is 0 Å². The van der Waals surface area contributed by atoms with Gasteiger partial charge in [-0.1, -0.05) is 12.7 Å². The summed E-state index contributed by atoms with van der Waals surface area (Å²) < 4.78 is 0. The molecule has 0 aromatic rings. The van der Waals surface area contributed by atoms with Gasteiger partial charge in [-0.3, -0.25) is 0 Å². The van der Waals surface area contributed by atoms with Crippen LogP contribution in [0.15, 0.2) is 0 Å². The predicted molar refractivity (Wildman–Crippen MR) is 29.0 cm³/mol. The molecule has 1 rings (SSSR count). The highest BCUT2D eigenvalue weighted by molar-refractivity contribution is 8.22. The van der Waals surface area contributed by atoms with Crippen molar-refractivity contribution < 1.29 is 0 Å². The summed E-state index contributed by atoms with van der Waals surface area (Å²) in [6, 6.07) is 0. The molecule has 0 bridgehead atoms. The van der Waals surface area contributed by atoms with E-state index in [0.29, 0.717) is 0 Å². The number of hydrogen-bond donors (Lipinski definition) is 0. The molecule has 0 spiro atoms. The molecular weight excluding hydrogens is 78.9 g/mol. The van der Waals surface area contributed by atoms with Crippen molar-refractivity contribution in [2.75, 3.05) is 5.75 Å². The number of rotatable bonds is 0. The van der Waals surface area contributed by atoms with Gasteiger partial charge in [-0.05, 0) is 5.75 Å². The van der Waals surface area contributed by atoms with Crippen LogP contribution in [0.2, 0.25) is 6.32 Å². The first-order valence-electron chi connectivity index (χ1n) is 2.08. The van der Waals surface area contributed by atoms with Crippen LogP contribution in [0.25, 0.3) is 0 Å². The lowest BCUT2D eigenvalue weighted by atomic mass is 10.0. The standard InChI is InChI=1S/C3H7BS/c1-2-4-5-3-1/h4H,1-3H2. The van der Waals surface area contributed by atoms with Crippen molar-refractivity contribution in [3.63, 3.8) is 0 Å². The zero-order chi connectivity index (χ0) is 3.54. The van der Waals surface area contributed by atoms with E-state index in [1.807, 2.05) is 0 Å². The Balaban J connectivity index is 2.08. The second kappa shape index (κ2) is 1.76. The maximum absolute atomic E-state index is 2.07. The van der Waals surface area contributed by atoms with Crippen LogP contribution in [0.5, 0.6) is 0 Å². The minimum absolute atomic E-state index is 1.42. The van der Waals surface area contributed by atoms with E-state index in [4.69, 9.17) is 0 Å². The first kappa shape index (κ1) is 3.60. The Morgan fingerprint density at radius 3 is 2.80 bits per heavy atom. The largest absolute Gasteiger partial charge is 0.215 e. The Kier molecular flexibility index (Phi) is 1.26. The smallest absolute Gasteiger partial charge is 0.191 e. The summed E-state index contributed by atoms with van der Waals surface area (Å²) in [4.78, 5) is 0. The monoisotopic (exact) mass is 86.0 g/mol. The summed E-state index contributed by atoms with van der Waals surface area (Å²) in [5, 5.41) is 0. The molecule has 28 valence electrons. The van der Waals surface area contributed by atoms with Crippen LogP contribution in [0.3, 0.4) is 0 Å². The summed E-state index contributed by atoms with van der Waals surface area (Å²) in [5.74, 6) is 1.42. The van der Waals surface area contributed by atoms with E-state index in [1.54, 1.807) is 0 Å². The second-order valence-corrected chi connectivity index (χ2v) is 2.54. The molecule has 0 atom stereocenters. The third kappa shape index (κ3) is 0.878. The van der Waals surface area contributed by atoms with Gasteiger partial charge in [0, 0.05) is 0 Å². The van der Waals surface area contributed by atoms with E-state index in [1.165, 1.54) is 25.1 Å². The highest BCUT2D eigenvalue weighted by Crippen LogP contribution is 2.13. The van der Waals surface area contributed by atoms with Gasteiger partial charge in [-0.2, -0.15) is 0 Å². The van der Waals surface area contributed by atoms with Crippen molar-refractivity contribution in [2.45, 2.75) is 12.7 Å². The molecule has 1 saturated heterocycles. The van der Waals surface area contributed by atoms with Gasteiger partial charge in [0.05, 0.1) is 0 Å². The van der Waals surface area contributed by atoms with Gasteiger partial charge in [-0.15, -0.1) is 0 Å². The molecule has 0 radical (unpaired) electrons. The van der Waals surface area contributed by atoms with E-state index in [2.05, 4.69) is 11.6 Å². The van der Waals surface area contributed by atoms with Crippen molar-refractivity contribution in [3.8, 4) is 0 Å². The van der Waals surface area contributed by atoms with Crippen LogP contribution < -0.4 is 0 Å². The van der Waals surface area contributed by atoms with Gasteiger partial charge < -0.3 is 0 Å². The first-order valence-corrected chi connectivity index (χ1v) is 3.23. The molecule has 1 fully saturated rings. The van der Waals surface area contributed by atoms with Crippen LogP contribution in [0, 0.1) is 0 Å². The molecule has 0 saturated carbocycles. The Morgan fingerprint density at radius 2 is 2.60 bits per heavy atom. The van der Waals surface area contributed by atoms with Crippen molar-refractivity contribution in [3.05, 3.63) is 0 Å². The summed E-state index contributed by atoms with van der Waals surface area (Å²) in [6.45, 7) is 1.42. The van der Waals surface area contributed by atoms with Gasteiger partial charge in [0.25, 0.3) is 0 Å². The lowest BCUT2D eigenvalue weighted by Gasteiger charge is -1.69. The quantitative estimate of drug-likeness (QED) is 0.394. The Hall–Kier alpha value is 0.415. The van der Waals surface area contributed by atoms with E-state index in [9.17, 15) is 0 Å². The molecule has 0 amide bonds.